The van der Waals surface area contributed by atoms with Crippen molar-refractivity contribution < 1.29 is 14.3 Å². The summed E-state index contributed by atoms with van der Waals surface area (Å²) in [5.74, 6) is -0.0258. The van der Waals surface area contributed by atoms with Crippen molar-refractivity contribution in [1.29, 1.82) is 0 Å². The fourth-order valence-electron chi connectivity index (χ4n) is 2.21. The largest absolute Gasteiger partial charge is 0.376 e. The van der Waals surface area contributed by atoms with Gasteiger partial charge in [-0.25, -0.2) is 0 Å². The van der Waals surface area contributed by atoms with Crippen molar-refractivity contribution in [2.24, 2.45) is 0 Å². The molecule has 0 bridgehead atoms. The van der Waals surface area contributed by atoms with Crippen molar-refractivity contribution in [2.45, 2.75) is 13.0 Å². The quantitative estimate of drug-likeness (QED) is 0.773. The third-order valence-electron chi connectivity index (χ3n) is 3.22. The van der Waals surface area contributed by atoms with Crippen molar-refractivity contribution in [3.05, 3.63) is 41.6 Å². The maximum atomic E-state index is 12.3. The number of fused-ring (bicyclic) bond motifs is 1. The van der Waals surface area contributed by atoms with Gasteiger partial charge < -0.3 is 9.47 Å². The van der Waals surface area contributed by atoms with E-state index >= 15 is 0 Å². The first-order valence-corrected chi connectivity index (χ1v) is 6.35. The summed E-state index contributed by atoms with van der Waals surface area (Å²) in [6.07, 6.45) is -0.482. The van der Waals surface area contributed by atoms with Gasteiger partial charge in [-0.1, -0.05) is 6.07 Å². The molecule has 4 nitrogen and oxygen atoms in total. The standard InChI is InChI=1S/C15H15NO3/c1-10-2-3-11-8-12(4-5-13(11)16-10)15(17)14-9-18-6-7-19-14/h2-5,8,14H,6-7,9H2,1H3. The smallest absolute Gasteiger partial charge is 0.193 e. The summed E-state index contributed by atoms with van der Waals surface area (Å²) in [6.45, 7) is 3.32. The van der Waals surface area contributed by atoms with E-state index < -0.39 is 6.10 Å². The fourth-order valence-corrected chi connectivity index (χ4v) is 2.21. The molecule has 0 amide bonds. The summed E-state index contributed by atoms with van der Waals surface area (Å²) < 4.78 is 10.7. The molecule has 1 atom stereocenters. The van der Waals surface area contributed by atoms with Gasteiger partial charge in [0.2, 0.25) is 0 Å². The number of hydrogen-bond donors (Lipinski definition) is 0. The molecule has 1 fully saturated rings. The number of pyridine rings is 1. The number of rotatable bonds is 2. The summed E-state index contributed by atoms with van der Waals surface area (Å²) >= 11 is 0. The van der Waals surface area contributed by atoms with E-state index in [2.05, 4.69) is 4.98 Å². The zero-order valence-corrected chi connectivity index (χ0v) is 10.8. The van der Waals surface area contributed by atoms with Crippen LogP contribution in [0.3, 0.4) is 0 Å². The lowest BCUT2D eigenvalue weighted by atomic mass is 10.0. The molecule has 1 saturated heterocycles. The second-order valence-electron chi connectivity index (χ2n) is 4.66. The second-order valence-corrected chi connectivity index (χ2v) is 4.66. The summed E-state index contributed by atoms with van der Waals surface area (Å²) in [7, 11) is 0. The topological polar surface area (TPSA) is 48.4 Å². The Morgan fingerprint density at radius 3 is 2.95 bits per heavy atom. The normalized spacial score (nSPS) is 19.5. The first-order chi connectivity index (χ1) is 9.24. The second kappa shape index (κ2) is 5.07. The molecule has 19 heavy (non-hydrogen) atoms. The van der Waals surface area contributed by atoms with Crippen molar-refractivity contribution >= 4 is 16.7 Å². The number of carbonyl (C=O) groups excluding carboxylic acids is 1. The summed E-state index contributed by atoms with van der Waals surface area (Å²) in [5.41, 5.74) is 2.52. The maximum Gasteiger partial charge on any atom is 0.193 e. The van der Waals surface area contributed by atoms with Crippen molar-refractivity contribution in [3.8, 4) is 0 Å². The van der Waals surface area contributed by atoms with Gasteiger partial charge in [0, 0.05) is 16.6 Å². The Bertz CT molecular complexity index is 618. The van der Waals surface area contributed by atoms with Crippen LogP contribution in [-0.4, -0.2) is 36.7 Å². The number of aryl methyl sites for hydroxylation is 1. The molecule has 3 rings (SSSR count). The van der Waals surface area contributed by atoms with Crippen LogP contribution >= 0.6 is 0 Å². The SMILES string of the molecule is Cc1ccc2cc(C(=O)C3COCCO3)ccc2n1. The molecule has 0 aliphatic carbocycles. The van der Waals surface area contributed by atoms with Gasteiger partial charge in [0.25, 0.3) is 0 Å². The van der Waals surface area contributed by atoms with Gasteiger partial charge in [0.15, 0.2) is 5.78 Å². The average molecular weight is 257 g/mol. The lowest BCUT2D eigenvalue weighted by Crippen LogP contribution is -2.35. The zero-order chi connectivity index (χ0) is 13.2. The van der Waals surface area contributed by atoms with Crippen LogP contribution < -0.4 is 0 Å². The molecule has 1 aliphatic heterocycles. The Kier molecular flexibility index (Phi) is 3.27. The highest BCUT2D eigenvalue weighted by Crippen LogP contribution is 2.17. The molecule has 0 N–H and O–H groups in total. The first kappa shape index (κ1) is 12.3. The van der Waals surface area contributed by atoms with Crippen molar-refractivity contribution in [1.82, 2.24) is 4.98 Å². The zero-order valence-electron chi connectivity index (χ0n) is 10.8. The number of carbonyl (C=O) groups is 1. The average Bonchev–Trinajstić information content (AvgIpc) is 2.47. The Morgan fingerprint density at radius 1 is 1.26 bits per heavy atom. The van der Waals surface area contributed by atoms with Crippen LogP contribution in [0, 0.1) is 6.92 Å². The highest BCUT2D eigenvalue weighted by atomic mass is 16.6. The molecule has 0 saturated carbocycles. The van der Waals surface area contributed by atoms with E-state index in [1.807, 2.05) is 31.2 Å². The number of aromatic nitrogens is 1. The maximum absolute atomic E-state index is 12.3. The van der Waals surface area contributed by atoms with Crippen molar-refractivity contribution in [3.63, 3.8) is 0 Å². The Balaban J connectivity index is 1.92. The van der Waals surface area contributed by atoms with Crippen LogP contribution in [0.5, 0.6) is 0 Å². The van der Waals surface area contributed by atoms with E-state index in [-0.39, 0.29) is 5.78 Å². The minimum atomic E-state index is -0.482. The third kappa shape index (κ3) is 2.50. The van der Waals surface area contributed by atoms with Gasteiger partial charge >= 0.3 is 0 Å². The van der Waals surface area contributed by atoms with Crippen LogP contribution in [0.2, 0.25) is 0 Å². The van der Waals surface area contributed by atoms with E-state index in [0.717, 1.165) is 16.6 Å². The number of Topliss-reactive ketones (excluding diaryl/α,β-unsaturated/α-hetero) is 1. The number of nitrogens with zero attached hydrogens (tertiary/aromatic N) is 1. The third-order valence-corrected chi connectivity index (χ3v) is 3.22. The van der Waals surface area contributed by atoms with Gasteiger partial charge in [-0.2, -0.15) is 0 Å². The molecule has 2 aromatic rings. The van der Waals surface area contributed by atoms with E-state index in [1.54, 1.807) is 6.07 Å². The van der Waals surface area contributed by atoms with E-state index in [4.69, 9.17) is 9.47 Å². The van der Waals surface area contributed by atoms with Gasteiger partial charge in [-0.15, -0.1) is 0 Å². The summed E-state index contributed by atoms with van der Waals surface area (Å²) in [5, 5.41) is 0.966. The molecule has 4 heteroatoms. The monoisotopic (exact) mass is 257 g/mol. The molecule has 1 aliphatic rings. The number of hydrogen-bond acceptors (Lipinski definition) is 4. The van der Waals surface area contributed by atoms with Gasteiger partial charge in [0.1, 0.15) is 6.10 Å². The molecule has 1 aromatic carbocycles. The summed E-state index contributed by atoms with van der Waals surface area (Å²) in [4.78, 5) is 16.7. The number of ether oxygens (including phenoxy) is 2. The van der Waals surface area contributed by atoms with Crippen LogP contribution in [0.4, 0.5) is 0 Å². The van der Waals surface area contributed by atoms with Gasteiger partial charge in [-0.05, 0) is 31.2 Å². The van der Waals surface area contributed by atoms with E-state index in [0.29, 0.717) is 25.4 Å². The van der Waals surface area contributed by atoms with Crippen LogP contribution in [0.1, 0.15) is 16.1 Å². The van der Waals surface area contributed by atoms with Crippen molar-refractivity contribution in [2.75, 3.05) is 19.8 Å². The molecule has 0 spiro atoms. The highest BCUT2D eigenvalue weighted by Gasteiger charge is 2.23. The van der Waals surface area contributed by atoms with E-state index in [9.17, 15) is 4.79 Å². The lowest BCUT2D eigenvalue weighted by Gasteiger charge is -2.21. The first-order valence-electron chi connectivity index (χ1n) is 6.35. The fraction of sp³-hybridized carbons (Fsp3) is 0.333. The Hall–Kier alpha value is -1.78. The highest BCUT2D eigenvalue weighted by molar-refractivity contribution is 6.02. The van der Waals surface area contributed by atoms with Gasteiger partial charge in [-0.3, -0.25) is 9.78 Å². The number of benzene rings is 1. The minimum Gasteiger partial charge on any atom is -0.376 e. The van der Waals surface area contributed by atoms with Crippen LogP contribution in [0.15, 0.2) is 30.3 Å². The molecular weight excluding hydrogens is 242 g/mol. The van der Waals surface area contributed by atoms with Crippen LogP contribution in [-0.2, 0) is 9.47 Å². The predicted octanol–water partition coefficient (Wildman–Crippen LogP) is 2.14. The molecule has 1 aromatic heterocycles. The summed E-state index contributed by atoms with van der Waals surface area (Å²) in [6, 6.07) is 9.46. The minimum absolute atomic E-state index is 0.0258. The van der Waals surface area contributed by atoms with Gasteiger partial charge in [0.05, 0.1) is 25.3 Å². The Labute approximate surface area is 111 Å². The molecule has 0 radical (unpaired) electrons. The van der Waals surface area contributed by atoms with E-state index in [1.165, 1.54) is 0 Å². The lowest BCUT2D eigenvalue weighted by molar-refractivity contribution is -0.0719. The van der Waals surface area contributed by atoms with Crippen LogP contribution in [0.25, 0.3) is 10.9 Å². The molecule has 98 valence electrons. The number of ketones is 1. The molecule has 1 unspecified atom stereocenters. The molecule has 2 heterocycles. The molecular formula is C15H15NO3. The predicted molar refractivity (Wildman–Crippen MR) is 71.4 cm³/mol. The Morgan fingerprint density at radius 2 is 2.16 bits per heavy atom.